The summed E-state index contributed by atoms with van der Waals surface area (Å²) in [6, 6.07) is 11.8. The fourth-order valence-corrected chi connectivity index (χ4v) is 2.80. The van der Waals surface area contributed by atoms with Crippen molar-refractivity contribution in [3.8, 4) is 0 Å². The number of nitrogens with one attached hydrogen (secondary N) is 2. The normalized spacial score (nSPS) is 13.7. The quantitative estimate of drug-likeness (QED) is 0.753. The van der Waals surface area contributed by atoms with Gasteiger partial charge in [-0.1, -0.05) is 24.3 Å². The van der Waals surface area contributed by atoms with Gasteiger partial charge >= 0.3 is 0 Å². The molecule has 6 nitrogen and oxygen atoms in total. The summed E-state index contributed by atoms with van der Waals surface area (Å²) in [5.41, 5.74) is 6.35. The van der Waals surface area contributed by atoms with Crippen LogP contribution < -0.4 is 10.7 Å². The second-order valence-electron chi connectivity index (χ2n) is 6.25. The van der Waals surface area contributed by atoms with Crippen LogP contribution in [0.15, 0.2) is 53.9 Å². The van der Waals surface area contributed by atoms with Crippen molar-refractivity contribution in [1.29, 1.82) is 0 Å². The Morgan fingerprint density at radius 2 is 1.96 bits per heavy atom. The predicted octanol–water partition coefficient (Wildman–Crippen LogP) is 2.45. The second-order valence-corrected chi connectivity index (χ2v) is 6.25. The van der Waals surface area contributed by atoms with Gasteiger partial charge in [0.05, 0.1) is 11.3 Å². The summed E-state index contributed by atoms with van der Waals surface area (Å²) >= 11 is 0. The van der Waals surface area contributed by atoms with Crippen molar-refractivity contribution in [2.75, 3.05) is 6.54 Å². The van der Waals surface area contributed by atoms with Crippen LogP contribution in [0.2, 0.25) is 0 Å². The fraction of sp³-hybridized carbons (Fsp3) is 0.300. The van der Waals surface area contributed by atoms with Crippen LogP contribution in [0.1, 0.15) is 47.2 Å². The molecule has 2 amide bonds. The highest BCUT2D eigenvalue weighted by Gasteiger charge is 2.12. The van der Waals surface area contributed by atoms with Crippen LogP contribution in [-0.4, -0.2) is 29.1 Å². The molecular weight excluding hydrogens is 328 g/mol. The number of aromatic nitrogens is 1. The molecule has 26 heavy (non-hydrogen) atoms. The van der Waals surface area contributed by atoms with Crippen LogP contribution in [-0.2, 0) is 11.2 Å². The summed E-state index contributed by atoms with van der Waals surface area (Å²) in [6.45, 7) is 0.655. The number of pyridine rings is 1. The van der Waals surface area contributed by atoms with Crippen LogP contribution in [0.5, 0.6) is 0 Å². The molecule has 1 aliphatic heterocycles. The van der Waals surface area contributed by atoms with Gasteiger partial charge in [-0.2, -0.15) is 5.10 Å². The molecule has 2 N–H and O–H groups in total. The molecule has 0 saturated carbocycles. The number of hydrogen-bond acceptors (Lipinski definition) is 4. The number of aryl methyl sites for hydroxylation is 1. The molecule has 2 heterocycles. The Morgan fingerprint density at radius 1 is 1.12 bits per heavy atom. The van der Waals surface area contributed by atoms with Crippen molar-refractivity contribution in [3.63, 3.8) is 0 Å². The molecule has 0 aliphatic carbocycles. The molecule has 134 valence electrons. The average Bonchev–Trinajstić information content (AvgIpc) is 2.69. The third-order valence-electron chi connectivity index (χ3n) is 4.29. The summed E-state index contributed by atoms with van der Waals surface area (Å²) in [5.74, 6) is -0.108. The minimum Gasteiger partial charge on any atom is -0.352 e. The number of carbonyl (C=O) groups excluding carboxylic acids is 2. The van der Waals surface area contributed by atoms with E-state index in [1.165, 1.54) is 5.56 Å². The van der Waals surface area contributed by atoms with E-state index in [1.807, 2.05) is 0 Å². The van der Waals surface area contributed by atoms with E-state index in [0.29, 0.717) is 24.9 Å². The van der Waals surface area contributed by atoms with Gasteiger partial charge in [0, 0.05) is 31.8 Å². The number of hydrogen-bond donors (Lipinski definition) is 2. The summed E-state index contributed by atoms with van der Waals surface area (Å²) in [4.78, 5) is 27.0. The number of hydrazone groups is 1. The van der Waals surface area contributed by atoms with Crippen molar-refractivity contribution >= 4 is 17.5 Å². The second kappa shape index (κ2) is 8.89. The van der Waals surface area contributed by atoms with E-state index in [2.05, 4.69) is 45.1 Å². The molecule has 0 bridgehead atoms. The molecule has 0 spiro atoms. The smallest absolute Gasteiger partial charge is 0.252 e. The zero-order valence-corrected chi connectivity index (χ0v) is 14.6. The molecule has 0 radical (unpaired) electrons. The standard InChI is InChI=1S/C20H22N4O2/c25-19-11-10-18(23-24-19)16-8-6-15(7-9-16)4-1-2-13-22-20(26)17-5-3-12-21-14-17/h3,5-9,12,14H,1-2,4,10-11,13H2,(H,22,26)(H,24,25). The summed E-state index contributed by atoms with van der Waals surface area (Å²) in [7, 11) is 0. The Kier molecular flexibility index (Phi) is 6.09. The molecule has 6 heteroatoms. The molecular formula is C20H22N4O2. The van der Waals surface area contributed by atoms with Gasteiger partial charge in [-0.15, -0.1) is 0 Å². The first-order valence-corrected chi connectivity index (χ1v) is 8.85. The number of amides is 2. The maximum absolute atomic E-state index is 11.9. The minimum absolute atomic E-state index is 0.0269. The lowest BCUT2D eigenvalue weighted by atomic mass is 10.0. The molecule has 1 aromatic heterocycles. The van der Waals surface area contributed by atoms with Gasteiger partial charge in [0.2, 0.25) is 5.91 Å². The number of nitrogens with zero attached hydrogens (tertiary/aromatic N) is 2. The van der Waals surface area contributed by atoms with Crippen molar-refractivity contribution in [1.82, 2.24) is 15.7 Å². The fourth-order valence-electron chi connectivity index (χ4n) is 2.80. The topological polar surface area (TPSA) is 83.5 Å². The van der Waals surface area contributed by atoms with Crippen LogP contribution in [0.25, 0.3) is 0 Å². The van der Waals surface area contributed by atoms with E-state index < -0.39 is 0 Å². The van der Waals surface area contributed by atoms with Crippen LogP contribution in [0.3, 0.4) is 0 Å². The molecule has 0 atom stereocenters. The number of benzene rings is 1. The molecule has 0 unspecified atom stereocenters. The highest BCUT2D eigenvalue weighted by molar-refractivity contribution is 6.04. The van der Waals surface area contributed by atoms with Crippen LogP contribution >= 0.6 is 0 Å². The van der Waals surface area contributed by atoms with E-state index in [1.54, 1.807) is 24.5 Å². The zero-order chi connectivity index (χ0) is 18.2. The van der Waals surface area contributed by atoms with E-state index in [4.69, 9.17) is 0 Å². The minimum atomic E-state index is -0.0807. The van der Waals surface area contributed by atoms with Crippen molar-refractivity contribution in [2.45, 2.75) is 32.1 Å². The highest BCUT2D eigenvalue weighted by atomic mass is 16.2. The van der Waals surface area contributed by atoms with Gasteiger partial charge in [-0.3, -0.25) is 14.6 Å². The number of carbonyl (C=O) groups is 2. The molecule has 2 aromatic rings. The Labute approximate surface area is 152 Å². The van der Waals surface area contributed by atoms with E-state index in [0.717, 1.165) is 30.5 Å². The van der Waals surface area contributed by atoms with Gasteiger partial charge in [-0.25, -0.2) is 5.43 Å². The van der Waals surface area contributed by atoms with Gasteiger partial charge in [-0.05, 0) is 42.5 Å². The van der Waals surface area contributed by atoms with E-state index in [9.17, 15) is 9.59 Å². The molecule has 0 fully saturated rings. The van der Waals surface area contributed by atoms with Gasteiger partial charge in [0.15, 0.2) is 0 Å². The van der Waals surface area contributed by atoms with E-state index >= 15 is 0 Å². The summed E-state index contributed by atoms with van der Waals surface area (Å²) < 4.78 is 0. The van der Waals surface area contributed by atoms with Crippen LogP contribution in [0, 0.1) is 0 Å². The van der Waals surface area contributed by atoms with E-state index in [-0.39, 0.29) is 11.8 Å². The summed E-state index contributed by atoms with van der Waals surface area (Å²) in [5, 5.41) is 7.02. The lowest BCUT2D eigenvalue weighted by Gasteiger charge is -2.12. The number of unbranched alkanes of at least 4 members (excludes halogenated alkanes) is 1. The maximum Gasteiger partial charge on any atom is 0.252 e. The lowest BCUT2D eigenvalue weighted by Crippen LogP contribution is -2.25. The highest BCUT2D eigenvalue weighted by Crippen LogP contribution is 2.13. The van der Waals surface area contributed by atoms with Crippen LogP contribution in [0.4, 0.5) is 0 Å². The van der Waals surface area contributed by atoms with Gasteiger partial charge in [0.1, 0.15) is 0 Å². The Morgan fingerprint density at radius 3 is 2.65 bits per heavy atom. The third kappa shape index (κ3) is 4.99. The molecule has 0 saturated heterocycles. The Balaban J connectivity index is 1.39. The number of rotatable bonds is 7. The molecule has 1 aromatic carbocycles. The Hall–Kier alpha value is -3.02. The monoisotopic (exact) mass is 350 g/mol. The maximum atomic E-state index is 11.9. The Bertz CT molecular complexity index is 785. The largest absolute Gasteiger partial charge is 0.352 e. The van der Waals surface area contributed by atoms with Crippen molar-refractivity contribution in [2.24, 2.45) is 5.10 Å². The summed E-state index contributed by atoms with van der Waals surface area (Å²) in [6.07, 6.45) is 7.29. The SMILES string of the molecule is O=C1CCC(c2ccc(CCCCNC(=O)c3cccnc3)cc2)=NN1. The van der Waals surface area contributed by atoms with Crippen molar-refractivity contribution in [3.05, 3.63) is 65.5 Å². The first-order valence-electron chi connectivity index (χ1n) is 8.85. The predicted molar refractivity (Wildman–Crippen MR) is 99.9 cm³/mol. The molecule has 1 aliphatic rings. The van der Waals surface area contributed by atoms with Gasteiger partial charge in [0.25, 0.3) is 5.91 Å². The first kappa shape index (κ1) is 17.8. The lowest BCUT2D eigenvalue weighted by molar-refractivity contribution is -0.121. The first-order chi connectivity index (χ1) is 12.7. The van der Waals surface area contributed by atoms with Gasteiger partial charge < -0.3 is 5.32 Å². The molecule has 3 rings (SSSR count). The zero-order valence-electron chi connectivity index (χ0n) is 14.6. The average molecular weight is 350 g/mol. The third-order valence-corrected chi connectivity index (χ3v) is 4.29. The van der Waals surface area contributed by atoms with Crippen molar-refractivity contribution < 1.29 is 9.59 Å².